The van der Waals surface area contributed by atoms with Gasteiger partial charge in [-0.3, -0.25) is 4.98 Å². The molecule has 18 heavy (non-hydrogen) atoms. The van der Waals surface area contributed by atoms with Gasteiger partial charge in [0.15, 0.2) is 0 Å². The first kappa shape index (κ1) is 11.0. The van der Waals surface area contributed by atoms with Crippen molar-refractivity contribution >= 4 is 33.0 Å². The average molecular weight is 302 g/mol. The molecule has 0 amide bonds. The summed E-state index contributed by atoms with van der Waals surface area (Å²) < 4.78 is 2.49. The van der Waals surface area contributed by atoms with E-state index in [9.17, 15) is 0 Å². The van der Waals surface area contributed by atoms with Crippen LogP contribution in [0.2, 0.25) is 0 Å². The second kappa shape index (κ2) is 4.66. The maximum absolute atomic E-state index is 4.32. The smallest absolute Gasteiger partial charge is 0.141 e. The van der Waals surface area contributed by atoms with Gasteiger partial charge in [-0.25, -0.2) is 4.68 Å². The van der Waals surface area contributed by atoms with Crippen LogP contribution in [0.15, 0.2) is 52.7 Å². The molecule has 2 heterocycles. The molecule has 0 fully saturated rings. The molecule has 1 aromatic carbocycles. The highest BCUT2D eigenvalue weighted by molar-refractivity contribution is 9.10. The lowest BCUT2D eigenvalue weighted by Gasteiger charge is -2.01. The van der Waals surface area contributed by atoms with E-state index >= 15 is 0 Å². The minimum Gasteiger partial charge on any atom is -0.255 e. The highest BCUT2D eigenvalue weighted by Crippen LogP contribution is 2.23. The van der Waals surface area contributed by atoms with E-state index in [2.05, 4.69) is 36.2 Å². The molecular weight excluding hydrogens is 294 g/mol. The Morgan fingerprint density at radius 2 is 2.06 bits per heavy atom. The normalized spacial score (nSPS) is 11.4. The molecule has 0 radical (unpaired) electrons. The number of hydrogen-bond donors (Lipinski definition) is 0. The van der Waals surface area contributed by atoms with Crippen LogP contribution >= 0.6 is 15.9 Å². The lowest BCUT2D eigenvalue weighted by molar-refractivity contribution is 0.878. The number of rotatable bonds is 2. The van der Waals surface area contributed by atoms with Gasteiger partial charge in [-0.05, 0) is 39.7 Å². The number of fused-ring (bicyclic) bond motifs is 1. The quantitative estimate of drug-likeness (QED) is 0.683. The summed E-state index contributed by atoms with van der Waals surface area (Å²) in [5.74, 6) is 0. The van der Waals surface area contributed by atoms with Crippen molar-refractivity contribution in [3.8, 4) is 0 Å². The van der Waals surface area contributed by atoms with E-state index in [1.165, 1.54) is 12.7 Å². The Hall–Kier alpha value is -2.08. The second-order valence-electron chi connectivity index (χ2n) is 3.66. The fraction of sp³-hybridized carbons (Fsp3) is 0. The number of aromatic nitrogens is 4. The molecule has 0 spiro atoms. The molecule has 88 valence electrons. The van der Waals surface area contributed by atoms with Gasteiger partial charge in [-0.2, -0.15) is 5.10 Å². The number of benzene rings is 1. The maximum atomic E-state index is 4.32. The van der Waals surface area contributed by atoms with Crippen molar-refractivity contribution in [2.45, 2.75) is 0 Å². The summed E-state index contributed by atoms with van der Waals surface area (Å²) in [6.45, 7) is 0. The minimum atomic E-state index is 0.943. The van der Waals surface area contributed by atoms with Gasteiger partial charge in [-0.1, -0.05) is 6.07 Å². The first-order chi connectivity index (χ1) is 8.83. The van der Waals surface area contributed by atoms with E-state index in [1.807, 2.05) is 24.3 Å². The third-order valence-corrected chi connectivity index (χ3v) is 3.03. The van der Waals surface area contributed by atoms with Crippen LogP contribution in [0.5, 0.6) is 0 Å². The van der Waals surface area contributed by atoms with Gasteiger partial charge in [0.05, 0.1) is 11.7 Å². The van der Waals surface area contributed by atoms with E-state index < -0.39 is 0 Å². The fourth-order valence-electron chi connectivity index (χ4n) is 1.63. The molecule has 6 heteroatoms. The molecule has 0 N–H and O–H groups in total. The second-order valence-corrected chi connectivity index (χ2v) is 4.52. The summed E-state index contributed by atoms with van der Waals surface area (Å²) in [6, 6.07) is 7.93. The molecule has 0 unspecified atom stereocenters. The Labute approximate surface area is 111 Å². The van der Waals surface area contributed by atoms with Gasteiger partial charge < -0.3 is 0 Å². The topological polar surface area (TPSA) is 56.0 Å². The Morgan fingerprint density at radius 1 is 1.22 bits per heavy atom. The summed E-state index contributed by atoms with van der Waals surface area (Å²) >= 11 is 3.51. The Morgan fingerprint density at radius 3 is 2.89 bits per heavy atom. The van der Waals surface area contributed by atoms with Crippen LogP contribution in [-0.2, 0) is 0 Å². The molecule has 3 aromatic rings. The van der Waals surface area contributed by atoms with Crippen LogP contribution in [-0.4, -0.2) is 26.1 Å². The fourth-order valence-corrected chi connectivity index (χ4v) is 2.23. The lowest BCUT2D eigenvalue weighted by Crippen LogP contribution is -1.89. The molecule has 0 bridgehead atoms. The summed E-state index contributed by atoms with van der Waals surface area (Å²) in [6.07, 6.45) is 6.60. The average Bonchev–Trinajstić information content (AvgIpc) is 2.90. The van der Waals surface area contributed by atoms with Gasteiger partial charge >= 0.3 is 0 Å². The van der Waals surface area contributed by atoms with E-state index in [4.69, 9.17) is 0 Å². The molecule has 5 nitrogen and oxygen atoms in total. The molecule has 0 aliphatic carbocycles. The van der Waals surface area contributed by atoms with E-state index in [-0.39, 0.29) is 0 Å². The third-order valence-electron chi connectivity index (χ3n) is 2.43. The summed E-state index contributed by atoms with van der Waals surface area (Å²) in [5.41, 5.74) is 1.93. The maximum Gasteiger partial charge on any atom is 0.141 e. The van der Waals surface area contributed by atoms with Gasteiger partial charge in [0, 0.05) is 16.1 Å². The highest BCUT2D eigenvalue weighted by atomic mass is 79.9. The molecule has 0 aliphatic rings. The first-order valence-corrected chi connectivity index (χ1v) is 6.05. The van der Waals surface area contributed by atoms with Gasteiger partial charge in [0.2, 0.25) is 0 Å². The summed E-state index contributed by atoms with van der Waals surface area (Å²) in [4.78, 5) is 4.32. The minimum absolute atomic E-state index is 0.943. The van der Waals surface area contributed by atoms with Crippen LogP contribution < -0.4 is 0 Å². The zero-order valence-electron chi connectivity index (χ0n) is 9.23. The Kier molecular flexibility index (Phi) is 2.85. The monoisotopic (exact) mass is 301 g/mol. The lowest BCUT2D eigenvalue weighted by atomic mass is 10.1. The van der Waals surface area contributed by atoms with Gasteiger partial charge in [0.25, 0.3) is 0 Å². The number of halogens is 1. The van der Waals surface area contributed by atoms with Crippen LogP contribution in [0.1, 0.15) is 5.56 Å². The zero-order valence-corrected chi connectivity index (χ0v) is 10.8. The predicted octanol–water partition coefficient (Wildman–Crippen LogP) is 2.47. The van der Waals surface area contributed by atoms with Crippen LogP contribution in [0.25, 0.3) is 10.9 Å². The number of pyridine rings is 1. The number of nitrogens with zero attached hydrogens (tertiary/aromatic N) is 5. The molecule has 0 saturated heterocycles. The molecular formula is C12H8BrN5. The summed E-state index contributed by atoms with van der Waals surface area (Å²) in [5, 5.41) is 12.6. The van der Waals surface area contributed by atoms with E-state index in [0.717, 1.165) is 20.9 Å². The molecule has 2 aromatic heterocycles. The third kappa shape index (κ3) is 2.14. The van der Waals surface area contributed by atoms with Crippen molar-refractivity contribution in [3.05, 3.63) is 53.2 Å². The molecule has 0 aliphatic heterocycles. The standard InChI is InChI=1S/C12H8BrN5/c13-11-5-9(6-17-18-7-15-16-8-18)4-10-2-1-3-14-12(10)11/h1-8H/b17-6+. The van der Waals surface area contributed by atoms with Gasteiger partial charge in [-0.15, -0.1) is 10.2 Å². The number of hydrogen-bond acceptors (Lipinski definition) is 4. The largest absolute Gasteiger partial charge is 0.255 e. The van der Waals surface area contributed by atoms with Crippen molar-refractivity contribution < 1.29 is 0 Å². The van der Waals surface area contributed by atoms with Crippen LogP contribution in [0, 0.1) is 0 Å². The SMILES string of the molecule is Brc1cc(/C=N/n2cnnc2)cc2cccnc12. The van der Waals surface area contributed by atoms with Crippen LogP contribution in [0.3, 0.4) is 0 Å². The van der Waals surface area contributed by atoms with Crippen molar-refractivity contribution in [2.75, 3.05) is 0 Å². The molecule has 3 rings (SSSR count). The van der Waals surface area contributed by atoms with Crippen molar-refractivity contribution in [1.29, 1.82) is 0 Å². The highest BCUT2D eigenvalue weighted by Gasteiger charge is 2.01. The van der Waals surface area contributed by atoms with Crippen LogP contribution in [0.4, 0.5) is 0 Å². The van der Waals surface area contributed by atoms with E-state index in [0.29, 0.717) is 0 Å². The predicted molar refractivity (Wildman–Crippen MR) is 72.5 cm³/mol. The summed E-state index contributed by atoms with van der Waals surface area (Å²) in [7, 11) is 0. The van der Waals surface area contributed by atoms with Crippen molar-refractivity contribution in [2.24, 2.45) is 5.10 Å². The Bertz CT molecular complexity index is 706. The van der Waals surface area contributed by atoms with E-state index in [1.54, 1.807) is 17.1 Å². The van der Waals surface area contributed by atoms with Crippen molar-refractivity contribution in [1.82, 2.24) is 19.9 Å². The van der Waals surface area contributed by atoms with Gasteiger partial charge in [0.1, 0.15) is 12.7 Å². The van der Waals surface area contributed by atoms with Crippen molar-refractivity contribution in [3.63, 3.8) is 0 Å². The first-order valence-electron chi connectivity index (χ1n) is 5.26. The molecule has 0 atom stereocenters. The molecule has 0 saturated carbocycles. The zero-order chi connectivity index (χ0) is 12.4. The Balaban J connectivity index is 2.03.